The van der Waals surface area contributed by atoms with Crippen molar-refractivity contribution in [2.45, 2.75) is 10.1 Å². The van der Waals surface area contributed by atoms with E-state index in [-0.39, 0.29) is 21.8 Å². The zero-order chi connectivity index (χ0) is 18.6. The summed E-state index contributed by atoms with van der Waals surface area (Å²) in [5.41, 5.74) is 0.839. The summed E-state index contributed by atoms with van der Waals surface area (Å²) in [6.45, 7) is 0. The normalized spacial score (nSPS) is 12.1. The number of carbonyl (C=O) groups excluding carboxylic acids is 1. The van der Waals surface area contributed by atoms with E-state index in [9.17, 15) is 18.5 Å². The van der Waals surface area contributed by atoms with E-state index in [2.05, 4.69) is 0 Å². The van der Waals surface area contributed by atoms with Gasteiger partial charge in [-0.15, -0.1) is 0 Å². The SMILES string of the molecule is N#CC(c1ccccc1C(=O)c1ccccc1)S(=O)(=O)c1ccccc1. The van der Waals surface area contributed by atoms with Gasteiger partial charge >= 0.3 is 0 Å². The predicted molar refractivity (Wildman–Crippen MR) is 98.3 cm³/mol. The van der Waals surface area contributed by atoms with Gasteiger partial charge in [-0.1, -0.05) is 72.8 Å². The van der Waals surface area contributed by atoms with E-state index in [1.54, 1.807) is 66.7 Å². The highest BCUT2D eigenvalue weighted by Crippen LogP contribution is 2.31. The highest BCUT2D eigenvalue weighted by atomic mass is 32.2. The van der Waals surface area contributed by atoms with Crippen LogP contribution < -0.4 is 0 Å². The third kappa shape index (κ3) is 3.28. The van der Waals surface area contributed by atoms with Crippen LogP contribution in [0.3, 0.4) is 0 Å². The molecule has 26 heavy (non-hydrogen) atoms. The topological polar surface area (TPSA) is 75.0 Å². The molecule has 1 atom stereocenters. The molecule has 1 unspecified atom stereocenters. The van der Waals surface area contributed by atoms with Crippen LogP contribution in [0.25, 0.3) is 0 Å². The minimum atomic E-state index is -3.96. The van der Waals surface area contributed by atoms with E-state index in [4.69, 9.17) is 0 Å². The molecule has 0 saturated heterocycles. The molecule has 0 bridgehead atoms. The molecule has 0 aliphatic rings. The molecule has 0 amide bonds. The molecule has 128 valence electrons. The Kier molecular flexibility index (Phi) is 4.97. The standard InChI is InChI=1S/C21H15NO3S/c22-15-20(26(24,25)17-11-5-2-6-12-17)18-13-7-8-14-19(18)21(23)16-9-3-1-4-10-16/h1-14,20H. The van der Waals surface area contributed by atoms with Gasteiger partial charge in [0.1, 0.15) is 0 Å². The Balaban J connectivity index is 2.12. The third-order valence-corrected chi connectivity index (χ3v) is 5.93. The molecule has 0 heterocycles. The van der Waals surface area contributed by atoms with Crippen molar-refractivity contribution in [2.75, 3.05) is 0 Å². The Morgan fingerprint density at radius 3 is 1.96 bits per heavy atom. The summed E-state index contributed by atoms with van der Waals surface area (Å²) in [5, 5.41) is 8.15. The number of rotatable bonds is 5. The van der Waals surface area contributed by atoms with Gasteiger partial charge in [0.2, 0.25) is 0 Å². The number of benzene rings is 3. The van der Waals surface area contributed by atoms with E-state index in [0.717, 1.165) is 0 Å². The van der Waals surface area contributed by atoms with Gasteiger partial charge in [0, 0.05) is 11.1 Å². The average molecular weight is 361 g/mol. The smallest absolute Gasteiger partial charge is 0.198 e. The highest BCUT2D eigenvalue weighted by Gasteiger charge is 2.32. The van der Waals surface area contributed by atoms with Crippen LogP contribution in [0.4, 0.5) is 0 Å². The maximum absolute atomic E-state index is 12.9. The molecule has 5 heteroatoms. The molecular formula is C21H15NO3S. The van der Waals surface area contributed by atoms with Gasteiger partial charge in [-0.2, -0.15) is 5.26 Å². The molecule has 0 aliphatic carbocycles. The van der Waals surface area contributed by atoms with Crippen LogP contribution in [0.1, 0.15) is 26.7 Å². The first-order chi connectivity index (χ1) is 12.6. The first kappa shape index (κ1) is 17.6. The van der Waals surface area contributed by atoms with Crippen LogP contribution in [0.5, 0.6) is 0 Å². The van der Waals surface area contributed by atoms with E-state index in [1.165, 1.54) is 18.2 Å². The van der Waals surface area contributed by atoms with Gasteiger partial charge in [-0.05, 0) is 17.7 Å². The monoisotopic (exact) mass is 361 g/mol. The van der Waals surface area contributed by atoms with Gasteiger partial charge < -0.3 is 0 Å². The van der Waals surface area contributed by atoms with Crippen LogP contribution in [0, 0.1) is 11.3 Å². The van der Waals surface area contributed by atoms with Gasteiger partial charge in [0.15, 0.2) is 20.9 Å². The van der Waals surface area contributed by atoms with Crippen molar-refractivity contribution in [3.05, 3.63) is 102 Å². The second-order valence-electron chi connectivity index (χ2n) is 5.65. The summed E-state index contributed by atoms with van der Waals surface area (Å²) in [7, 11) is -3.96. The fourth-order valence-corrected chi connectivity index (χ4v) is 4.22. The number of hydrogen-bond donors (Lipinski definition) is 0. The number of hydrogen-bond acceptors (Lipinski definition) is 4. The van der Waals surface area contributed by atoms with Crippen molar-refractivity contribution in [3.63, 3.8) is 0 Å². The minimum Gasteiger partial charge on any atom is -0.289 e. The number of nitrogens with zero attached hydrogens (tertiary/aromatic N) is 1. The first-order valence-corrected chi connectivity index (χ1v) is 9.47. The lowest BCUT2D eigenvalue weighted by molar-refractivity contribution is 0.103. The fraction of sp³-hybridized carbons (Fsp3) is 0.0476. The van der Waals surface area contributed by atoms with Crippen molar-refractivity contribution in [2.24, 2.45) is 0 Å². The Hall–Kier alpha value is -3.23. The zero-order valence-corrected chi connectivity index (χ0v) is 14.6. The molecule has 3 aromatic rings. The largest absolute Gasteiger partial charge is 0.289 e. The Labute approximate surface area is 152 Å². The Morgan fingerprint density at radius 1 is 0.808 bits per heavy atom. The predicted octanol–water partition coefficient (Wildman–Crippen LogP) is 3.96. The highest BCUT2D eigenvalue weighted by molar-refractivity contribution is 7.92. The molecule has 4 nitrogen and oxygen atoms in total. The van der Waals surface area contributed by atoms with Crippen molar-refractivity contribution in [1.82, 2.24) is 0 Å². The zero-order valence-electron chi connectivity index (χ0n) is 13.7. The molecule has 0 spiro atoms. The van der Waals surface area contributed by atoms with Crippen LogP contribution in [0.15, 0.2) is 89.8 Å². The molecule has 0 aliphatic heterocycles. The van der Waals surface area contributed by atoms with Gasteiger partial charge in [0.05, 0.1) is 11.0 Å². The van der Waals surface area contributed by atoms with Crippen molar-refractivity contribution >= 4 is 15.6 Å². The Bertz CT molecular complexity index is 1070. The summed E-state index contributed by atoms with van der Waals surface area (Å²) in [4.78, 5) is 12.9. The summed E-state index contributed by atoms with van der Waals surface area (Å²) in [5.74, 6) is -0.315. The summed E-state index contributed by atoms with van der Waals surface area (Å²) in [6.07, 6.45) is 0. The maximum atomic E-state index is 12.9. The maximum Gasteiger partial charge on any atom is 0.198 e. The van der Waals surface area contributed by atoms with E-state index in [1.807, 2.05) is 6.07 Å². The molecule has 3 rings (SSSR count). The number of ketones is 1. The summed E-state index contributed by atoms with van der Waals surface area (Å²) >= 11 is 0. The molecule has 0 saturated carbocycles. The van der Waals surface area contributed by atoms with Crippen LogP contribution in [0.2, 0.25) is 0 Å². The molecule has 0 N–H and O–H groups in total. The van der Waals surface area contributed by atoms with Crippen LogP contribution in [-0.4, -0.2) is 14.2 Å². The van der Waals surface area contributed by atoms with Crippen LogP contribution in [-0.2, 0) is 9.84 Å². The van der Waals surface area contributed by atoms with E-state index >= 15 is 0 Å². The number of nitriles is 1. The van der Waals surface area contributed by atoms with Gasteiger partial charge in [-0.3, -0.25) is 4.79 Å². The van der Waals surface area contributed by atoms with E-state index in [0.29, 0.717) is 5.56 Å². The second-order valence-corrected chi connectivity index (χ2v) is 7.68. The minimum absolute atomic E-state index is 0.0495. The molecule has 0 fully saturated rings. The van der Waals surface area contributed by atoms with Crippen molar-refractivity contribution < 1.29 is 13.2 Å². The lowest BCUT2D eigenvalue weighted by Crippen LogP contribution is -2.16. The quantitative estimate of drug-likeness (QED) is 0.645. The summed E-state index contributed by atoms with van der Waals surface area (Å²) < 4.78 is 25.9. The molecular weight excluding hydrogens is 346 g/mol. The average Bonchev–Trinajstić information content (AvgIpc) is 2.69. The Morgan fingerprint density at radius 2 is 1.35 bits per heavy atom. The van der Waals surface area contributed by atoms with Crippen LogP contribution >= 0.6 is 0 Å². The molecule has 0 radical (unpaired) electrons. The molecule has 0 aromatic heterocycles. The lowest BCUT2D eigenvalue weighted by atomic mass is 9.97. The molecule has 3 aromatic carbocycles. The van der Waals surface area contributed by atoms with E-state index < -0.39 is 15.1 Å². The number of sulfone groups is 1. The fourth-order valence-electron chi connectivity index (χ4n) is 2.73. The third-order valence-electron chi connectivity index (χ3n) is 4.02. The number of carbonyl (C=O) groups is 1. The lowest BCUT2D eigenvalue weighted by Gasteiger charge is -2.15. The van der Waals surface area contributed by atoms with Crippen molar-refractivity contribution in [3.8, 4) is 6.07 Å². The van der Waals surface area contributed by atoms with Gasteiger partial charge in [0.25, 0.3) is 0 Å². The summed E-state index contributed by atoms with van der Waals surface area (Å²) in [6, 6.07) is 24.6. The van der Waals surface area contributed by atoms with Gasteiger partial charge in [-0.25, -0.2) is 8.42 Å². The second kappa shape index (κ2) is 7.34. The first-order valence-electron chi connectivity index (χ1n) is 7.93. The van der Waals surface area contributed by atoms with Crippen molar-refractivity contribution in [1.29, 1.82) is 5.26 Å².